The van der Waals surface area contributed by atoms with Crippen LogP contribution < -0.4 is 0 Å². The number of alkyl halides is 3. The predicted molar refractivity (Wildman–Crippen MR) is 66.4 cm³/mol. The molecule has 0 saturated carbocycles. The van der Waals surface area contributed by atoms with E-state index in [0.717, 1.165) is 12.3 Å². The molecule has 1 heterocycles. The van der Waals surface area contributed by atoms with Gasteiger partial charge in [0.15, 0.2) is 0 Å². The highest BCUT2D eigenvalue weighted by atomic mass is 32.2. The van der Waals surface area contributed by atoms with Crippen molar-refractivity contribution in [3.8, 4) is 0 Å². The van der Waals surface area contributed by atoms with Gasteiger partial charge in [-0.05, 0) is 17.7 Å². The van der Waals surface area contributed by atoms with E-state index in [2.05, 4.69) is 9.17 Å². The Morgan fingerprint density at radius 2 is 1.95 bits per heavy atom. The molecule has 4 nitrogen and oxygen atoms in total. The maximum absolute atomic E-state index is 12.9. The van der Waals surface area contributed by atoms with Crippen LogP contribution in [0.2, 0.25) is 0 Å². The summed E-state index contributed by atoms with van der Waals surface area (Å²) in [5.41, 5.74) is -0.766. The van der Waals surface area contributed by atoms with E-state index < -0.39 is 21.9 Å². The Morgan fingerprint density at radius 3 is 2.55 bits per heavy atom. The molecular formula is C12H10F3NO3S. The van der Waals surface area contributed by atoms with Crippen molar-refractivity contribution in [1.82, 2.24) is 4.98 Å². The van der Waals surface area contributed by atoms with Crippen LogP contribution in [0.3, 0.4) is 0 Å². The molecule has 108 valence electrons. The number of hydrogen-bond donors (Lipinski definition) is 0. The fourth-order valence-corrected chi connectivity index (χ4v) is 2.10. The van der Waals surface area contributed by atoms with Crippen molar-refractivity contribution in [2.75, 3.05) is 6.26 Å². The summed E-state index contributed by atoms with van der Waals surface area (Å²) in [7, 11) is -3.67. The first-order valence-electron chi connectivity index (χ1n) is 5.47. The van der Waals surface area contributed by atoms with Gasteiger partial charge in [0.1, 0.15) is 0 Å². The third kappa shape index (κ3) is 3.26. The van der Waals surface area contributed by atoms with Crippen LogP contribution in [0.1, 0.15) is 11.1 Å². The lowest BCUT2D eigenvalue weighted by atomic mass is 10.1. The van der Waals surface area contributed by atoms with E-state index in [1.807, 2.05) is 0 Å². The summed E-state index contributed by atoms with van der Waals surface area (Å²) >= 11 is 0. The van der Waals surface area contributed by atoms with Crippen LogP contribution in [0.5, 0.6) is 0 Å². The fraction of sp³-hybridized carbons (Fsp3) is 0.250. The number of aromatic nitrogens is 1. The molecule has 0 aliphatic carbocycles. The molecular weight excluding hydrogens is 295 g/mol. The van der Waals surface area contributed by atoms with E-state index >= 15 is 0 Å². The van der Waals surface area contributed by atoms with Gasteiger partial charge in [-0.2, -0.15) is 21.6 Å². The maximum atomic E-state index is 12.9. The Labute approximate surface area is 113 Å². The summed E-state index contributed by atoms with van der Waals surface area (Å²) in [5.74, 6) is 0. The van der Waals surface area contributed by atoms with Crippen LogP contribution in [-0.2, 0) is 27.1 Å². The van der Waals surface area contributed by atoms with Gasteiger partial charge in [-0.15, -0.1) is 0 Å². The highest BCUT2D eigenvalue weighted by Crippen LogP contribution is 2.34. The maximum Gasteiger partial charge on any atom is 0.418 e. The standard InChI is InChI=1S/C12H10F3NO3S/c1-20(17,18)19-7-8-5-6-16-11-9(8)3-2-4-10(11)12(13,14)15/h2-6H,7H2,1H3. The van der Waals surface area contributed by atoms with Crippen molar-refractivity contribution < 1.29 is 25.8 Å². The number of pyridine rings is 1. The number of hydrogen-bond acceptors (Lipinski definition) is 4. The molecule has 0 aliphatic rings. The number of benzene rings is 1. The number of halogens is 3. The Balaban J connectivity index is 2.54. The lowest BCUT2D eigenvalue weighted by Crippen LogP contribution is -2.08. The van der Waals surface area contributed by atoms with E-state index in [0.29, 0.717) is 5.56 Å². The molecule has 0 fully saturated rings. The van der Waals surface area contributed by atoms with Gasteiger partial charge in [-0.3, -0.25) is 9.17 Å². The number of rotatable bonds is 3. The normalized spacial score (nSPS) is 12.8. The SMILES string of the molecule is CS(=O)(=O)OCc1ccnc2c(C(F)(F)F)cccc12. The van der Waals surface area contributed by atoms with E-state index in [1.165, 1.54) is 24.4 Å². The van der Waals surface area contributed by atoms with Gasteiger partial charge in [-0.25, -0.2) is 0 Å². The second kappa shape index (κ2) is 5.02. The lowest BCUT2D eigenvalue weighted by molar-refractivity contribution is -0.136. The largest absolute Gasteiger partial charge is 0.418 e. The first kappa shape index (κ1) is 14.7. The lowest BCUT2D eigenvalue weighted by Gasteiger charge is -2.11. The quantitative estimate of drug-likeness (QED) is 0.818. The van der Waals surface area contributed by atoms with Gasteiger partial charge >= 0.3 is 6.18 Å². The fourth-order valence-electron chi connectivity index (χ4n) is 1.76. The number of nitrogens with zero attached hydrogens (tertiary/aromatic N) is 1. The van der Waals surface area contributed by atoms with Gasteiger partial charge in [0.05, 0.1) is 23.9 Å². The average molecular weight is 305 g/mol. The van der Waals surface area contributed by atoms with Gasteiger partial charge in [0, 0.05) is 11.6 Å². The molecule has 1 aromatic heterocycles. The van der Waals surface area contributed by atoms with Crippen molar-refractivity contribution in [3.05, 3.63) is 41.6 Å². The van der Waals surface area contributed by atoms with Crippen LogP contribution in [-0.4, -0.2) is 19.7 Å². The van der Waals surface area contributed by atoms with Crippen molar-refractivity contribution in [1.29, 1.82) is 0 Å². The van der Waals surface area contributed by atoms with Crippen molar-refractivity contribution in [2.24, 2.45) is 0 Å². The summed E-state index contributed by atoms with van der Waals surface area (Å²) in [6, 6.07) is 5.04. The van der Waals surface area contributed by atoms with E-state index in [4.69, 9.17) is 0 Å². The number of para-hydroxylation sites is 1. The molecule has 0 saturated heterocycles. The summed E-state index contributed by atoms with van der Waals surface area (Å²) in [6.07, 6.45) is -2.46. The highest BCUT2D eigenvalue weighted by Gasteiger charge is 2.33. The third-order valence-electron chi connectivity index (χ3n) is 2.60. The zero-order chi connectivity index (χ0) is 15.0. The van der Waals surface area contributed by atoms with Gasteiger partial charge < -0.3 is 0 Å². The number of fused-ring (bicyclic) bond motifs is 1. The van der Waals surface area contributed by atoms with Crippen LogP contribution in [0.4, 0.5) is 13.2 Å². The highest BCUT2D eigenvalue weighted by molar-refractivity contribution is 7.85. The van der Waals surface area contributed by atoms with Crippen LogP contribution in [0, 0.1) is 0 Å². The predicted octanol–water partition coefficient (Wildman–Crippen LogP) is 2.73. The molecule has 1 aromatic carbocycles. The van der Waals surface area contributed by atoms with Crippen molar-refractivity contribution in [2.45, 2.75) is 12.8 Å². The Kier molecular flexibility index (Phi) is 3.70. The van der Waals surface area contributed by atoms with Crippen molar-refractivity contribution >= 4 is 21.0 Å². The van der Waals surface area contributed by atoms with Crippen LogP contribution in [0.15, 0.2) is 30.5 Å². The zero-order valence-electron chi connectivity index (χ0n) is 10.3. The molecule has 2 rings (SSSR count). The van der Waals surface area contributed by atoms with E-state index in [-0.39, 0.29) is 17.5 Å². The minimum atomic E-state index is -4.52. The smallest absolute Gasteiger partial charge is 0.265 e. The Morgan fingerprint density at radius 1 is 1.25 bits per heavy atom. The molecule has 0 radical (unpaired) electrons. The van der Waals surface area contributed by atoms with Gasteiger partial charge in [-0.1, -0.05) is 12.1 Å². The first-order chi connectivity index (χ1) is 9.18. The van der Waals surface area contributed by atoms with Gasteiger partial charge in [0.25, 0.3) is 10.1 Å². The van der Waals surface area contributed by atoms with E-state index in [1.54, 1.807) is 0 Å². The summed E-state index contributed by atoms with van der Waals surface area (Å²) in [5, 5.41) is 0.214. The third-order valence-corrected chi connectivity index (χ3v) is 3.14. The second-order valence-corrected chi connectivity index (χ2v) is 5.78. The van der Waals surface area contributed by atoms with Gasteiger partial charge in [0.2, 0.25) is 0 Å². The molecule has 0 atom stereocenters. The summed E-state index contributed by atoms with van der Waals surface area (Å²) in [6.45, 7) is -0.334. The molecule has 0 unspecified atom stereocenters. The average Bonchev–Trinajstić information content (AvgIpc) is 2.33. The summed E-state index contributed by atoms with van der Waals surface area (Å²) in [4.78, 5) is 3.73. The van der Waals surface area contributed by atoms with Crippen LogP contribution in [0.25, 0.3) is 10.9 Å². The van der Waals surface area contributed by atoms with Crippen molar-refractivity contribution in [3.63, 3.8) is 0 Å². The molecule has 0 aliphatic heterocycles. The minimum Gasteiger partial charge on any atom is -0.265 e. The molecule has 0 bridgehead atoms. The molecule has 8 heteroatoms. The molecule has 0 spiro atoms. The second-order valence-electron chi connectivity index (χ2n) is 4.14. The van der Waals surface area contributed by atoms with E-state index in [9.17, 15) is 21.6 Å². The minimum absolute atomic E-state index is 0.214. The monoisotopic (exact) mass is 305 g/mol. The zero-order valence-corrected chi connectivity index (χ0v) is 11.1. The first-order valence-corrected chi connectivity index (χ1v) is 7.28. The molecule has 20 heavy (non-hydrogen) atoms. The molecule has 0 amide bonds. The topological polar surface area (TPSA) is 56.3 Å². The molecule has 0 N–H and O–H groups in total. The molecule has 2 aromatic rings. The Bertz CT molecular complexity index is 741. The Hall–Kier alpha value is -1.67. The summed E-state index contributed by atoms with van der Waals surface area (Å²) < 4.78 is 65.1. The van der Waals surface area contributed by atoms with Crippen LogP contribution >= 0.6 is 0 Å².